The van der Waals surface area contributed by atoms with Gasteiger partial charge in [0.15, 0.2) is 0 Å². The van der Waals surface area contributed by atoms with E-state index in [1.807, 2.05) is 0 Å². The molecule has 0 saturated carbocycles. The standard InChI is InChI=1S/C9H19NO2/c1-8(11-3)6-10-9(2)4-5-12-7-9/h8,10H,4-7H2,1-3H3. The van der Waals surface area contributed by atoms with Crippen molar-refractivity contribution in [1.82, 2.24) is 5.32 Å². The lowest BCUT2D eigenvalue weighted by molar-refractivity contribution is 0.104. The molecular formula is C9H19NO2. The van der Waals surface area contributed by atoms with Gasteiger partial charge in [0.1, 0.15) is 0 Å². The lowest BCUT2D eigenvalue weighted by Crippen LogP contribution is -2.46. The molecule has 1 saturated heterocycles. The molecule has 1 aliphatic rings. The fourth-order valence-corrected chi connectivity index (χ4v) is 1.28. The van der Waals surface area contributed by atoms with Gasteiger partial charge in [-0.05, 0) is 20.3 Å². The second kappa shape index (κ2) is 4.21. The summed E-state index contributed by atoms with van der Waals surface area (Å²) in [4.78, 5) is 0. The van der Waals surface area contributed by atoms with Crippen molar-refractivity contribution in [2.24, 2.45) is 0 Å². The Morgan fingerprint density at radius 3 is 2.92 bits per heavy atom. The highest BCUT2D eigenvalue weighted by molar-refractivity contribution is 4.87. The average molecular weight is 173 g/mol. The van der Waals surface area contributed by atoms with E-state index in [0.717, 1.165) is 26.2 Å². The van der Waals surface area contributed by atoms with Crippen LogP contribution in [0.3, 0.4) is 0 Å². The summed E-state index contributed by atoms with van der Waals surface area (Å²) in [6.45, 7) is 6.86. The van der Waals surface area contributed by atoms with Crippen LogP contribution in [0, 0.1) is 0 Å². The van der Waals surface area contributed by atoms with Gasteiger partial charge in [-0.15, -0.1) is 0 Å². The van der Waals surface area contributed by atoms with Crippen LogP contribution in [0.4, 0.5) is 0 Å². The molecule has 0 aromatic rings. The van der Waals surface area contributed by atoms with E-state index in [2.05, 4.69) is 19.2 Å². The van der Waals surface area contributed by atoms with Crippen LogP contribution >= 0.6 is 0 Å². The van der Waals surface area contributed by atoms with E-state index in [-0.39, 0.29) is 11.6 Å². The van der Waals surface area contributed by atoms with Crippen LogP contribution in [-0.4, -0.2) is 38.5 Å². The molecule has 2 unspecified atom stereocenters. The molecule has 1 aliphatic heterocycles. The first kappa shape index (κ1) is 9.96. The highest BCUT2D eigenvalue weighted by Gasteiger charge is 2.28. The maximum Gasteiger partial charge on any atom is 0.0667 e. The average Bonchev–Trinajstić information content (AvgIpc) is 2.49. The van der Waals surface area contributed by atoms with Gasteiger partial charge in [0.25, 0.3) is 0 Å². The van der Waals surface area contributed by atoms with Crippen molar-refractivity contribution >= 4 is 0 Å². The second-order valence-corrected chi connectivity index (χ2v) is 3.79. The van der Waals surface area contributed by atoms with Crippen LogP contribution in [0.15, 0.2) is 0 Å². The number of hydrogen-bond donors (Lipinski definition) is 1. The molecule has 12 heavy (non-hydrogen) atoms. The fraction of sp³-hybridized carbons (Fsp3) is 1.00. The highest BCUT2D eigenvalue weighted by atomic mass is 16.5. The summed E-state index contributed by atoms with van der Waals surface area (Å²) >= 11 is 0. The third-order valence-electron chi connectivity index (χ3n) is 2.44. The Morgan fingerprint density at radius 1 is 1.67 bits per heavy atom. The van der Waals surface area contributed by atoms with Crippen molar-refractivity contribution in [3.05, 3.63) is 0 Å². The first-order chi connectivity index (χ1) is 5.66. The Labute approximate surface area is 74.4 Å². The minimum Gasteiger partial charge on any atom is -0.380 e. The van der Waals surface area contributed by atoms with E-state index < -0.39 is 0 Å². The zero-order valence-electron chi connectivity index (χ0n) is 8.22. The molecule has 3 nitrogen and oxygen atoms in total. The quantitative estimate of drug-likeness (QED) is 0.682. The molecule has 0 radical (unpaired) electrons. The SMILES string of the molecule is COC(C)CNC1(C)CCOC1. The highest BCUT2D eigenvalue weighted by Crippen LogP contribution is 2.17. The van der Waals surface area contributed by atoms with Crippen LogP contribution in [0.25, 0.3) is 0 Å². The third kappa shape index (κ3) is 2.73. The van der Waals surface area contributed by atoms with Crippen LogP contribution in [0.5, 0.6) is 0 Å². The topological polar surface area (TPSA) is 30.5 Å². The van der Waals surface area contributed by atoms with Gasteiger partial charge in [-0.2, -0.15) is 0 Å². The van der Waals surface area contributed by atoms with Gasteiger partial charge in [-0.3, -0.25) is 0 Å². The number of methoxy groups -OCH3 is 1. The van der Waals surface area contributed by atoms with Crippen LogP contribution in [0.2, 0.25) is 0 Å². The fourth-order valence-electron chi connectivity index (χ4n) is 1.28. The van der Waals surface area contributed by atoms with Gasteiger partial charge in [0.05, 0.1) is 12.7 Å². The third-order valence-corrected chi connectivity index (χ3v) is 2.44. The Balaban J connectivity index is 2.21. The number of nitrogens with one attached hydrogen (secondary N) is 1. The van der Waals surface area contributed by atoms with Crippen molar-refractivity contribution in [1.29, 1.82) is 0 Å². The summed E-state index contributed by atoms with van der Waals surface area (Å²) in [5.41, 5.74) is 0.173. The van der Waals surface area contributed by atoms with Crippen molar-refractivity contribution in [2.45, 2.75) is 31.9 Å². The van der Waals surface area contributed by atoms with E-state index in [0.29, 0.717) is 0 Å². The largest absolute Gasteiger partial charge is 0.380 e. The number of hydrogen-bond acceptors (Lipinski definition) is 3. The molecule has 0 bridgehead atoms. The molecule has 1 fully saturated rings. The van der Waals surface area contributed by atoms with Crippen LogP contribution < -0.4 is 5.32 Å². The molecule has 72 valence electrons. The normalized spacial score (nSPS) is 32.2. The summed E-state index contributed by atoms with van der Waals surface area (Å²) in [6, 6.07) is 0. The summed E-state index contributed by atoms with van der Waals surface area (Å²) < 4.78 is 10.5. The van der Waals surface area contributed by atoms with Crippen molar-refractivity contribution < 1.29 is 9.47 Å². The Morgan fingerprint density at radius 2 is 2.42 bits per heavy atom. The van der Waals surface area contributed by atoms with E-state index in [9.17, 15) is 0 Å². The van der Waals surface area contributed by atoms with E-state index in [4.69, 9.17) is 9.47 Å². The van der Waals surface area contributed by atoms with E-state index >= 15 is 0 Å². The van der Waals surface area contributed by atoms with Crippen LogP contribution in [0.1, 0.15) is 20.3 Å². The molecule has 0 aliphatic carbocycles. The Kier molecular flexibility index (Phi) is 3.50. The monoisotopic (exact) mass is 173 g/mol. The van der Waals surface area contributed by atoms with Gasteiger partial charge in [0.2, 0.25) is 0 Å². The lowest BCUT2D eigenvalue weighted by atomic mass is 10.0. The molecule has 3 heteroatoms. The minimum atomic E-state index is 0.173. The van der Waals surface area contributed by atoms with Gasteiger partial charge in [0, 0.05) is 25.8 Å². The van der Waals surface area contributed by atoms with Gasteiger partial charge < -0.3 is 14.8 Å². The molecular weight excluding hydrogens is 154 g/mol. The summed E-state index contributed by atoms with van der Waals surface area (Å²) in [6.07, 6.45) is 1.38. The van der Waals surface area contributed by atoms with Crippen molar-refractivity contribution in [3.8, 4) is 0 Å². The molecule has 0 aromatic carbocycles. The number of ether oxygens (including phenoxy) is 2. The maximum atomic E-state index is 5.32. The molecule has 2 atom stereocenters. The molecule has 1 N–H and O–H groups in total. The predicted molar refractivity (Wildman–Crippen MR) is 48.3 cm³/mol. The molecule has 0 spiro atoms. The Hall–Kier alpha value is -0.120. The smallest absolute Gasteiger partial charge is 0.0667 e. The first-order valence-electron chi connectivity index (χ1n) is 4.52. The van der Waals surface area contributed by atoms with Gasteiger partial charge in [-0.25, -0.2) is 0 Å². The van der Waals surface area contributed by atoms with Gasteiger partial charge in [-0.1, -0.05) is 0 Å². The van der Waals surface area contributed by atoms with E-state index in [1.54, 1.807) is 7.11 Å². The summed E-state index contributed by atoms with van der Waals surface area (Å²) in [5.74, 6) is 0. The molecule has 1 heterocycles. The van der Waals surface area contributed by atoms with Crippen molar-refractivity contribution in [2.75, 3.05) is 26.9 Å². The lowest BCUT2D eigenvalue weighted by Gasteiger charge is -2.25. The molecule has 1 rings (SSSR count). The summed E-state index contributed by atoms with van der Waals surface area (Å²) in [5, 5.41) is 3.46. The van der Waals surface area contributed by atoms with Crippen LogP contribution in [-0.2, 0) is 9.47 Å². The summed E-state index contributed by atoms with van der Waals surface area (Å²) in [7, 11) is 1.74. The Bertz CT molecular complexity index is 132. The molecule has 0 amide bonds. The maximum absolute atomic E-state index is 5.32. The van der Waals surface area contributed by atoms with Gasteiger partial charge >= 0.3 is 0 Å². The second-order valence-electron chi connectivity index (χ2n) is 3.79. The van der Waals surface area contributed by atoms with Crippen molar-refractivity contribution in [3.63, 3.8) is 0 Å². The molecule has 0 aromatic heterocycles. The van der Waals surface area contributed by atoms with E-state index in [1.165, 1.54) is 0 Å². The zero-order chi connectivity index (χ0) is 9.03. The number of rotatable bonds is 4. The minimum absolute atomic E-state index is 0.173. The predicted octanol–water partition coefficient (Wildman–Crippen LogP) is 0.790. The first-order valence-corrected chi connectivity index (χ1v) is 4.52. The zero-order valence-corrected chi connectivity index (χ0v) is 8.22.